The molecule has 100 valence electrons. The summed E-state index contributed by atoms with van der Waals surface area (Å²) in [6.45, 7) is 0. The lowest BCUT2D eigenvalue weighted by Crippen LogP contribution is -2.14. The number of hydrogen-bond donors (Lipinski definition) is 1. The minimum atomic E-state index is -0.108. The lowest BCUT2D eigenvalue weighted by molar-refractivity contribution is -0.115. The van der Waals surface area contributed by atoms with E-state index in [1.165, 1.54) is 0 Å². The van der Waals surface area contributed by atoms with Gasteiger partial charge in [-0.3, -0.25) is 4.79 Å². The van der Waals surface area contributed by atoms with Gasteiger partial charge in [0.25, 0.3) is 0 Å². The summed E-state index contributed by atoms with van der Waals surface area (Å²) in [5.74, 6) is 3.14. The Morgan fingerprint density at radius 2 is 2.05 bits per heavy atom. The predicted octanol–water partition coefficient (Wildman–Crippen LogP) is 2.86. The van der Waals surface area contributed by atoms with Gasteiger partial charge in [0.15, 0.2) is 0 Å². The van der Waals surface area contributed by atoms with E-state index in [9.17, 15) is 4.79 Å². The van der Waals surface area contributed by atoms with Crippen LogP contribution in [0, 0.1) is 12.3 Å². The minimum Gasteiger partial charge on any atom is -0.496 e. The van der Waals surface area contributed by atoms with Crippen LogP contribution in [0.4, 0.5) is 5.69 Å². The quantitative estimate of drug-likeness (QED) is 0.863. The number of anilines is 1. The molecule has 0 spiro atoms. The van der Waals surface area contributed by atoms with E-state index in [1.807, 2.05) is 36.4 Å². The van der Waals surface area contributed by atoms with E-state index in [0.29, 0.717) is 11.4 Å². The van der Waals surface area contributed by atoms with Gasteiger partial charge in [-0.05, 0) is 24.3 Å². The molecule has 2 aromatic rings. The number of nitrogens with one attached hydrogen (secondary N) is 1. The molecule has 1 amide bonds. The molecule has 3 heteroatoms. The fourth-order valence-corrected chi connectivity index (χ4v) is 1.91. The van der Waals surface area contributed by atoms with Crippen molar-refractivity contribution < 1.29 is 9.53 Å². The van der Waals surface area contributed by atoms with E-state index in [4.69, 9.17) is 11.2 Å². The van der Waals surface area contributed by atoms with Crippen LogP contribution in [-0.2, 0) is 11.2 Å². The molecule has 20 heavy (non-hydrogen) atoms. The van der Waals surface area contributed by atoms with Crippen LogP contribution >= 0.6 is 0 Å². The van der Waals surface area contributed by atoms with Gasteiger partial charge in [-0.25, -0.2) is 0 Å². The molecule has 0 aliphatic rings. The van der Waals surface area contributed by atoms with Gasteiger partial charge >= 0.3 is 0 Å². The van der Waals surface area contributed by atoms with Crippen LogP contribution in [-0.4, -0.2) is 13.0 Å². The molecule has 0 atom stereocenters. The fourth-order valence-electron chi connectivity index (χ4n) is 1.91. The first-order chi connectivity index (χ1) is 9.72. The van der Waals surface area contributed by atoms with Crippen molar-refractivity contribution in [2.75, 3.05) is 12.4 Å². The molecule has 0 saturated heterocycles. The van der Waals surface area contributed by atoms with Crippen molar-refractivity contribution in [2.24, 2.45) is 0 Å². The molecule has 0 aliphatic carbocycles. The number of methoxy groups -OCH3 is 1. The Labute approximate surface area is 118 Å². The van der Waals surface area contributed by atoms with Crippen molar-refractivity contribution in [3.8, 4) is 18.1 Å². The van der Waals surface area contributed by atoms with Gasteiger partial charge in [-0.2, -0.15) is 0 Å². The van der Waals surface area contributed by atoms with Gasteiger partial charge < -0.3 is 10.1 Å². The monoisotopic (exact) mass is 265 g/mol. The number of hydrogen-bond acceptors (Lipinski definition) is 2. The molecular formula is C17H15NO2. The highest BCUT2D eigenvalue weighted by molar-refractivity contribution is 5.92. The zero-order valence-electron chi connectivity index (χ0n) is 11.2. The van der Waals surface area contributed by atoms with Gasteiger partial charge in [0, 0.05) is 16.8 Å². The number of amides is 1. The first-order valence-electron chi connectivity index (χ1n) is 6.21. The maximum absolute atomic E-state index is 12.0. The van der Waals surface area contributed by atoms with Gasteiger partial charge in [0.05, 0.1) is 13.5 Å². The summed E-state index contributed by atoms with van der Waals surface area (Å²) >= 11 is 0. The summed E-state index contributed by atoms with van der Waals surface area (Å²) in [7, 11) is 1.59. The molecule has 0 heterocycles. The zero-order chi connectivity index (χ0) is 14.4. The summed E-state index contributed by atoms with van der Waals surface area (Å²) < 4.78 is 5.23. The summed E-state index contributed by atoms with van der Waals surface area (Å²) in [6.07, 6.45) is 5.59. The van der Waals surface area contributed by atoms with E-state index >= 15 is 0 Å². The SMILES string of the molecule is C#Cc1cccc(NC(=O)Cc2ccccc2OC)c1. The maximum atomic E-state index is 12.0. The van der Waals surface area contributed by atoms with Crippen LogP contribution in [0.2, 0.25) is 0 Å². The standard InChI is InChI=1S/C17H15NO2/c1-3-13-7-6-9-15(11-13)18-17(19)12-14-8-4-5-10-16(14)20-2/h1,4-11H,12H2,2H3,(H,18,19). The van der Waals surface area contributed by atoms with E-state index in [1.54, 1.807) is 19.2 Å². The van der Waals surface area contributed by atoms with Crippen LogP contribution < -0.4 is 10.1 Å². The maximum Gasteiger partial charge on any atom is 0.228 e. The number of terminal acetylenes is 1. The van der Waals surface area contributed by atoms with Crippen LogP contribution in [0.15, 0.2) is 48.5 Å². The van der Waals surface area contributed by atoms with Crippen LogP contribution in [0.1, 0.15) is 11.1 Å². The zero-order valence-corrected chi connectivity index (χ0v) is 11.2. The number of rotatable bonds is 4. The Kier molecular flexibility index (Phi) is 4.41. The van der Waals surface area contributed by atoms with Gasteiger partial charge in [-0.15, -0.1) is 6.42 Å². The molecule has 3 nitrogen and oxygen atoms in total. The van der Waals surface area contributed by atoms with Crippen LogP contribution in [0.25, 0.3) is 0 Å². The van der Waals surface area contributed by atoms with E-state index in [2.05, 4.69) is 11.2 Å². The Balaban J connectivity index is 2.07. The topological polar surface area (TPSA) is 38.3 Å². The summed E-state index contributed by atoms with van der Waals surface area (Å²) in [6, 6.07) is 14.7. The summed E-state index contributed by atoms with van der Waals surface area (Å²) in [4.78, 5) is 12.0. The highest BCUT2D eigenvalue weighted by atomic mass is 16.5. The highest BCUT2D eigenvalue weighted by Crippen LogP contribution is 2.18. The van der Waals surface area contributed by atoms with E-state index < -0.39 is 0 Å². The smallest absolute Gasteiger partial charge is 0.228 e. The Morgan fingerprint density at radius 1 is 1.25 bits per heavy atom. The fraction of sp³-hybridized carbons (Fsp3) is 0.118. The molecule has 1 N–H and O–H groups in total. The Morgan fingerprint density at radius 3 is 2.80 bits per heavy atom. The average Bonchev–Trinajstić information content (AvgIpc) is 2.48. The third-order valence-electron chi connectivity index (χ3n) is 2.86. The molecule has 0 bridgehead atoms. The van der Waals surface area contributed by atoms with E-state index in [-0.39, 0.29) is 12.3 Å². The lowest BCUT2D eigenvalue weighted by Gasteiger charge is -2.09. The van der Waals surface area contributed by atoms with Crippen LogP contribution in [0.5, 0.6) is 5.75 Å². The second-order valence-corrected chi connectivity index (χ2v) is 4.26. The van der Waals surface area contributed by atoms with E-state index in [0.717, 1.165) is 11.1 Å². The molecule has 0 radical (unpaired) electrons. The van der Waals surface area contributed by atoms with Gasteiger partial charge in [0.2, 0.25) is 5.91 Å². The van der Waals surface area contributed by atoms with Crippen molar-refractivity contribution in [1.82, 2.24) is 0 Å². The van der Waals surface area contributed by atoms with Gasteiger partial charge in [-0.1, -0.05) is 30.2 Å². The molecule has 0 unspecified atom stereocenters. The van der Waals surface area contributed by atoms with Crippen molar-refractivity contribution in [3.05, 3.63) is 59.7 Å². The molecule has 0 aliphatic heterocycles. The van der Waals surface area contributed by atoms with Crippen molar-refractivity contribution >= 4 is 11.6 Å². The molecule has 2 rings (SSSR count). The number of carbonyl (C=O) groups is 1. The molecular weight excluding hydrogens is 250 g/mol. The predicted molar refractivity (Wildman–Crippen MR) is 79.7 cm³/mol. The lowest BCUT2D eigenvalue weighted by atomic mass is 10.1. The van der Waals surface area contributed by atoms with Crippen LogP contribution in [0.3, 0.4) is 0 Å². The Hall–Kier alpha value is -2.73. The minimum absolute atomic E-state index is 0.108. The van der Waals surface area contributed by atoms with Crippen molar-refractivity contribution in [3.63, 3.8) is 0 Å². The second-order valence-electron chi connectivity index (χ2n) is 4.26. The molecule has 2 aromatic carbocycles. The number of benzene rings is 2. The number of carbonyl (C=O) groups excluding carboxylic acids is 1. The largest absolute Gasteiger partial charge is 0.496 e. The third-order valence-corrected chi connectivity index (χ3v) is 2.86. The normalized spacial score (nSPS) is 9.60. The van der Waals surface area contributed by atoms with Crippen molar-refractivity contribution in [1.29, 1.82) is 0 Å². The molecule has 0 fully saturated rings. The molecule has 0 saturated carbocycles. The number of para-hydroxylation sites is 1. The molecule has 0 aromatic heterocycles. The highest BCUT2D eigenvalue weighted by Gasteiger charge is 2.08. The van der Waals surface area contributed by atoms with Crippen molar-refractivity contribution in [2.45, 2.75) is 6.42 Å². The van der Waals surface area contributed by atoms with Gasteiger partial charge in [0.1, 0.15) is 5.75 Å². The summed E-state index contributed by atoms with van der Waals surface area (Å²) in [5, 5.41) is 2.83. The second kappa shape index (κ2) is 6.44. The third kappa shape index (κ3) is 3.39. The Bertz CT molecular complexity index is 656. The first kappa shape index (κ1) is 13.7. The first-order valence-corrected chi connectivity index (χ1v) is 6.21. The summed E-state index contributed by atoms with van der Waals surface area (Å²) in [5.41, 5.74) is 2.28. The number of ether oxygens (including phenoxy) is 1. The average molecular weight is 265 g/mol.